The zero-order chi connectivity index (χ0) is 13.0. The highest BCUT2D eigenvalue weighted by atomic mass is 31.2. The molecule has 16 heavy (non-hydrogen) atoms. The monoisotopic (exact) mass is 276 g/mol. The minimum Gasteiger partial charge on any atom is -0.480 e. The van der Waals surface area contributed by atoms with Crippen LogP contribution in [0.15, 0.2) is 0 Å². The lowest BCUT2D eigenvalue weighted by molar-refractivity contribution is -0.135. The van der Waals surface area contributed by atoms with E-state index in [0.717, 1.165) is 0 Å². The molecular formula is C6H14O8P2. The first-order chi connectivity index (χ1) is 7.19. The zero-order valence-electron chi connectivity index (χ0n) is 8.77. The SMILES string of the molecule is CCOP(=O)(OCC)C(C(=O)O)P(=O)(O)O. The van der Waals surface area contributed by atoms with E-state index in [1.165, 1.54) is 13.8 Å². The van der Waals surface area contributed by atoms with Gasteiger partial charge in [0.1, 0.15) is 0 Å². The summed E-state index contributed by atoms with van der Waals surface area (Å²) in [5.74, 6) is -1.92. The number of rotatable bonds is 7. The lowest BCUT2D eigenvalue weighted by Gasteiger charge is -2.23. The predicted octanol–water partition coefficient (Wildman–Crippen LogP) is 0.841. The topological polar surface area (TPSA) is 130 Å². The van der Waals surface area contributed by atoms with Crippen molar-refractivity contribution in [2.75, 3.05) is 13.2 Å². The number of carbonyl (C=O) groups is 1. The minimum atomic E-state index is -5.13. The molecule has 0 aromatic carbocycles. The molecule has 0 aliphatic carbocycles. The third-order valence-corrected chi connectivity index (χ3v) is 6.12. The van der Waals surface area contributed by atoms with Crippen LogP contribution in [0.5, 0.6) is 0 Å². The Morgan fingerprint density at radius 1 is 1.19 bits per heavy atom. The van der Waals surface area contributed by atoms with Crippen LogP contribution >= 0.6 is 15.2 Å². The Labute approximate surface area is 92.3 Å². The van der Waals surface area contributed by atoms with Crippen molar-refractivity contribution in [3.63, 3.8) is 0 Å². The van der Waals surface area contributed by atoms with E-state index in [0.29, 0.717) is 0 Å². The van der Waals surface area contributed by atoms with Crippen molar-refractivity contribution in [1.29, 1.82) is 0 Å². The Hall–Kier alpha value is -0.230. The van der Waals surface area contributed by atoms with Gasteiger partial charge in [-0.2, -0.15) is 0 Å². The van der Waals surface area contributed by atoms with Crippen LogP contribution in [0.1, 0.15) is 13.8 Å². The summed E-state index contributed by atoms with van der Waals surface area (Å²) in [6.07, 6.45) is 0. The second-order valence-corrected chi connectivity index (χ2v) is 6.89. The second-order valence-electron chi connectivity index (χ2n) is 2.68. The molecule has 10 heteroatoms. The number of carboxylic acid groups (broad SMARTS) is 1. The van der Waals surface area contributed by atoms with E-state index in [4.69, 9.17) is 14.9 Å². The Kier molecular flexibility index (Phi) is 5.82. The molecule has 0 spiro atoms. The maximum atomic E-state index is 11.9. The first-order valence-electron chi connectivity index (χ1n) is 4.35. The van der Waals surface area contributed by atoms with Gasteiger partial charge in [-0.15, -0.1) is 0 Å². The molecule has 0 aliphatic heterocycles. The van der Waals surface area contributed by atoms with Gasteiger partial charge in [0, 0.05) is 0 Å². The molecule has 0 rings (SSSR count). The molecule has 1 unspecified atom stereocenters. The highest BCUT2D eigenvalue weighted by molar-refractivity contribution is 7.73. The van der Waals surface area contributed by atoms with E-state index >= 15 is 0 Å². The summed E-state index contributed by atoms with van der Waals surface area (Å²) >= 11 is 0. The van der Waals surface area contributed by atoms with Crippen molar-refractivity contribution in [3.05, 3.63) is 0 Å². The average molecular weight is 276 g/mol. The maximum Gasteiger partial charge on any atom is 0.357 e. The summed E-state index contributed by atoms with van der Waals surface area (Å²) in [6.45, 7) is 2.45. The maximum absolute atomic E-state index is 11.9. The molecule has 0 bridgehead atoms. The molecule has 8 nitrogen and oxygen atoms in total. The van der Waals surface area contributed by atoms with Crippen LogP contribution in [-0.4, -0.2) is 39.5 Å². The molecule has 1 atom stereocenters. The molecule has 3 N–H and O–H groups in total. The van der Waals surface area contributed by atoms with Crippen LogP contribution in [0.3, 0.4) is 0 Å². The normalized spacial score (nSPS) is 14.8. The largest absolute Gasteiger partial charge is 0.480 e. The third-order valence-electron chi connectivity index (χ3n) is 1.46. The lowest BCUT2D eigenvalue weighted by atomic mass is 10.8. The van der Waals surface area contributed by atoms with E-state index in [1.54, 1.807) is 0 Å². The van der Waals surface area contributed by atoms with Crippen molar-refractivity contribution in [2.45, 2.75) is 19.2 Å². The zero-order valence-corrected chi connectivity index (χ0v) is 10.6. The van der Waals surface area contributed by atoms with E-state index in [2.05, 4.69) is 9.05 Å². The van der Waals surface area contributed by atoms with Gasteiger partial charge in [-0.3, -0.25) is 13.9 Å². The van der Waals surface area contributed by atoms with Gasteiger partial charge < -0.3 is 23.9 Å². The Morgan fingerprint density at radius 2 is 1.56 bits per heavy atom. The first-order valence-corrected chi connectivity index (χ1v) is 7.65. The Balaban J connectivity index is 5.36. The first kappa shape index (κ1) is 15.8. The van der Waals surface area contributed by atoms with Gasteiger partial charge in [0.25, 0.3) is 5.40 Å². The summed E-state index contributed by atoms with van der Waals surface area (Å²) in [5.41, 5.74) is 0. The van der Waals surface area contributed by atoms with Crippen LogP contribution in [-0.2, 0) is 23.0 Å². The molecule has 0 heterocycles. The van der Waals surface area contributed by atoms with Crippen LogP contribution < -0.4 is 0 Å². The van der Waals surface area contributed by atoms with Crippen molar-refractivity contribution < 1.29 is 37.9 Å². The van der Waals surface area contributed by atoms with Crippen LogP contribution in [0.4, 0.5) is 0 Å². The number of aliphatic carboxylic acids is 1. The van der Waals surface area contributed by atoms with E-state index in [1.807, 2.05) is 0 Å². The number of carboxylic acids is 1. The fraction of sp³-hybridized carbons (Fsp3) is 0.833. The molecular weight excluding hydrogens is 262 g/mol. The van der Waals surface area contributed by atoms with Gasteiger partial charge in [0.2, 0.25) is 0 Å². The van der Waals surface area contributed by atoms with E-state index in [9.17, 15) is 13.9 Å². The molecule has 0 fully saturated rings. The third kappa shape index (κ3) is 3.97. The average Bonchev–Trinajstić information content (AvgIpc) is 1.99. The smallest absolute Gasteiger partial charge is 0.357 e. The van der Waals surface area contributed by atoms with Gasteiger partial charge in [-0.1, -0.05) is 0 Å². The van der Waals surface area contributed by atoms with E-state index < -0.39 is 26.6 Å². The second kappa shape index (κ2) is 5.91. The quantitative estimate of drug-likeness (QED) is 0.583. The van der Waals surface area contributed by atoms with Crippen molar-refractivity contribution in [2.24, 2.45) is 0 Å². The van der Waals surface area contributed by atoms with Crippen molar-refractivity contribution in [1.82, 2.24) is 0 Å². The van der Waals surface area contributed by atoms with Crippen LogP contribution in [0, 0.1) is 0 Å². The van der Waals surface area contributed by atoms with E-state index in [-0.39, 0.29) is 13.2 Å². The summed E-state index contributed by atoms with van der Waals surface area (Å²) in [7, 11) is -9.50. The highest BCUT2D eigenvalue weighted by Gasteiger charge is 2.53. The summed E-state index contributed by atoms with van der Waals surface area (Å²) in [4.78, 5) is 28.4. The fourth-order valence-corrected chi connectivity index (χ4v) is 4.51. The van der Waals surface area contributed by atoms with Crippen molar-refractivity contribution in [3.8, 4) is 0 Å². The molecule has 96 valence electrons. The number of hydrogen-bond donors (Lipinski definition) is 3. The predicted molar refractivity (Wildman–Crippen MR) is 54.3 cm³/mol. The van der Waals surface area contributed by atoms with Gasteiger partial charge >= 0.3 is 21.2 Å². The van der Waals surface area contributed by atoms with Gasteiger partial charge in [0.15, 0.2) is 0 Å². The minimum absolute atomic E-state index is 0.180. The summed E-state index contributed by atoms with van der Waals surface area (Å²) in [6, 6.07) is 0. The summed E-state index contributed by atoms with van der Waals surface area (Å²) in [5, 5.41) is 6.19. The van der Waals surface area contributed by atoms with Gasteiger partial charge in [-0.25, -0.2) is 0 Å². The van der Waals surface area contributed by atoms with Crippen molar-refractivity contribution >= 4 is 21.2 Å². The fourth-order valence-electron chi connectivity index (χ4n) is 1.00. The van der Waals surface area contributed by atoms with Gasteiger partial charge in [0.05, 0.1) is 13.2 Å². The highest BCUT2D eigenvalue weighted by Crippen LogP contribution is 2.65. The van der Waals surface area contributed by atoms with Crippen LogP contribution in [0.25, 0.3) is 0 Å². The number of hydrogen-bond acceptors (Lipinski definition) is 5. The molecule has 0 saturated heterocycles. The van der Waals surface area contributed by atoms with Crippen LogP contribution in [0.2, 0.25) is 0 Å². The molecule has 0 amide bonds. The lowest BCUT2D eigenvalue weighted by Crippen LogP contribution is -2.23. The molecule has 0 radical (unpaired) electrons. The Morgan fingerprint density at radius 3 is 1.75 bits per heavy atom. The van der Waals surface area contributed by atoms with Gasteiger partial charge in [-0.05, 0) is 13.8 Å². The molecule has 0 aromatic rings. The molecule has 0 aromatic heterocycles. The molecule has 0 aliphatic rings. The Bertz CT molecular complexity index is 323. The molecule has 0 saturated carbocycles. The summed E-state index contributed by atoms with van der Waals surface area (Å²) < 4.78 is 32.0. The standard InChI is InChI=1S/C6H14O8P2/c1-3-13-16(12,14-4-2)6(5(7)8)15(9,10)11/h6H,3-4H2,1-2H3,(H,7,8)(H2,9,10,11).